The third kappa shape index (κ3) is 3.55. The molecule has 0 bridgehead atoms. The number of hydrogen-bond acceptors (Lipinski definition) is 6. The lowest BCUT2D eigenvalue weighted by Crippen LogP contribution is -2.12. The van der Waals surface area contributed by atoms with Gasteiger partial charge in [0.2, 0.25) is 0 Å². The van der Waals surface area contributed by atoms with Crippen molar-refractivity contribution in [2.24, 2.45) is 5.73 Å². The molecule has 2 heterocycles. The Hall–Kier alpha value is -3.24. The summed E-state index contributed by atoms with van der Waals surface area (Å²) in [6, 6.07) is 5.12. The highest BCUT2D eigenvalue weighted by atomic mass is 35.5. The molecule has 11 heteroatoms. The van der Waals surface area contributed by atoms with Crippen molar-refractivity contribution in [3.8, 4) is 11.3 Å². The zero-order valence-electron chi connectivity index (χ0n) is 12.9. The summed E-state index contributed by atoms with van der Waals surface area (Å²) < 4.78 is 0. The van der Waals surface area contributed by atoms with E-state index in [2.05, 4.69) is 15.3 Å². The molecule has 0 fully saturated rings. The first-order chi connectivity index (χ1) is 12.3. The number of thiazole rings is 1. The van der Waals surface area contributed by atoms with Crippen LogP contribution in [-0.2, 0) is 0 Å². The lowest BCUT2D eigenvalue weighted by atomic mass is 10.2. The maximum Gasteiger partial charge on any atom is 0.270 e. The van der Waals surface area contributed by atoms with Gasteiger partial charge in [0.05, 0.1) is 21.2 Å². The van der Waals surface area contributed by atoms with Crippen LogP contribution in [0.5, 0.6) is 0 Å². The number of benzene rings is 1. The molecule has 0 aliphatic rings. The lowest BCUT2D eigenvalue weighted by Gasteiger charge is -2.03. The number of carbonyl (C=O) groups excluding carboxylic acids is 2. The second-order valence-corrected chi connectivity index (χ2v) is 6.34. The van der Waals surface area contributed by atoms with E-state index < -0.39 is 16.7 Å². The third-order valence-electron chi connectivity index (χ3n) is 3.38. The zero-order valence-corrected chi connectivity index (χ0v) is 14.4. The molecule has 0 aliphatic carbocycles. The molecular formula is C15H10ClN5O4S. The molecule has 2 aromatic heterocycles. The van der Waals surface area contributed by atoms with Crippen LogP contribution in [0.2, 0.25) is 5.02 Å². The van der Waals surface area contributed by atoms with Crippen molar-refractivity contribution in [2.75, 3.05) is 5.32 Å². The second-order valence-electron chi connectivity index (χ2n) is 5.08. The minimum absolute atomic E-state index is 0.0368. The number of nitro groups is 1. The van der Waals surface area contributed by atoms with E-state index in [0.29, 0.717) is 16.4 Å². The number of nitrogens with one attached hydrogen (secondary N) is 2. The van der Waals surface area contributed by atoms with Crippen molar-refractivity contribution in [3.05, 3.63) is 62.2 Å². The Morgan fingerprint density at radius 2 is 2.12 bits per heavy atom. The van der Waals surface area contributed by atoms with Gasteiger partial charge in [0.1, 0.15) is 5.69 Å². The third-order valence-corrected chi connectivity index (χ3v) is 4.45. The number of nitrogens with zero attached hydrogens (tertiary/aromatic N) is 2. The van der Waals surface area contributed by atoms with Crippen molar-refractivity contribution in [3.63, 3.8) is 0 Å². The molecule has 3 aromatic rings. The van der Waals surface area contributed by atoms with Gasteiger partial charge in [-0.2, -0.15) is 0 Å². The zero-order chi connectivity index (χ0) is 18.8. The van der Waals surface area contributed by atoms with Gasteiger partial charge in [0, 0.05) is 29.3 Å². The molecule has 4 N–H and O–H groups in total. The van der Waals surface area contributed by atoms with E-state index in [1.54, 1.807) is 17.6 Å². The Balaban J connectivity index is 1.77. The highest BCUT2D eigenvalue weighted by Gasteiger charge is 2.17. The molecule has 132 valence electrons. The Bertz CT molecular complexity index is 1030. The van der Waals surface area contributed by atoms with Gasteiger partial charge in [-0.1, -0.05) is 11.6 Å². The molecule has 1 aromatic carbocycles. The van der Waals surface area contributed by atoms with Crippen LogP contribution in [0, 0.1) is 10.1 Å². The normalized spacial score (nSPS) is 10.5. The van der Waals surface area contributed by atoms with Gasteiger partial charge in [-0.3, -0.25) is 25.0 Å². The van der Waals surface area contributed by atoms with Crippen LogP contribution in [0.25, 0.3) is 11.3 Å². The molecular weight excluding hydrogens is 382 g/mol. The molecule has 9 nitrogen and oxygen atoms in total. The van der Waals surface area contributed by atoms with E-state index in [1.807, 2.05) is 0 Å². The highest BCUT2D eigenvalue weighted by Crippen LogP contribution is 2.27. The molecule has 0 radical (unpaired) electrons. The SMILES string of the molecule is NC(=O)c1cc(-c2csc(NC(=O)c3ccc([N+](=O)[O-])cc3Cl)n2)c[nH]1. The van der Waals surface area contributed by atoms with E-state index in [0.717, 1.165) is 6.07 Å². The summed E-state index contributed by atoms with van der Waals surface area (Å²) in [7, 11) is 0. The maximum absolute atomic E-state index is 12.3. The summed E-state index contributed by atoms with van der Waals surface area (Å²) in [5.74, 6) is -1.13. The largest absolute Gasteiger partial charge is 0.364 e. The average Bonchev–Trinajstić information content (AvgIpc) is 3.23. The van der Waals surface area contributed by atoms with Crippen LogP contribution in [0.15, 0.2) is 35.8 Å². The van der Waals surface area contributed by atoms with Gasteiger partial charge in [0.25, 0.3) is 17.5 Å². The minimum Gasteiger partial charge on any atom is -0.364 e. The molecule has 3 rings (SSSR count). The number of anilines is 1. The molecule has 0 saturated heterocycles. The molecule has 0 unspecified atom stereocenters. The summed E-state index contributed by atoms with van der Waals surface area (Å²) in [6.45, 7) is 0. The van der Waals surface area contributed by atoms with Crippen molar-refractivity contribution in [1.29, 1.82) is 0 Å². The van der Waals surface area contributed by atoms with Crippen LogP contribution in [0.4, 0.5) is 10.8 Å². The summed E-state index contributed by atoms with van der Waals surface area (Å²) in [6.07, 6.45) is 1.58. The smallest absolute Gasteiger partial charge is 0.270 e. The number of amides is 2. The van der Waals surface area contributed by atoms with Gasteiger partial charge in [-0.25, -0.2) is 4.98 Å². The number of nitro benzene ring substituents is 1. The Morgan fingerprint density at radius 3 is 2.73 bits per heavy atom. The molecule has 2 amide bonds. The number of carbonyl (C=O) groups is 2. The van der Waals surface area contributed by atoms with E-state index in [1.165, 1.54) is 23.5 Å². The Kier molecular flexibility index (Phi) is 4.69. The average molecular weight is 392 g/mol. The molecule has 0 spiro atoms. The number of rotatable bonds is 5. The highest BCUT2D eigenvalue weighted by molar-refractivity contribution is 7.14. The predicted molar refractivity (Wildman–Crippen MR) is 96.5 cm³/mol. The molecule has 0 atom stereocenters. The molecule has 0 aliphatic heterocycles. The molecule has 26 heavy (non-hydrogen) atoms. The van der Waals surface area contributed by atoms with Gasteiger partial charge >= 0.3 is 0 Å². The first kappa shape index (κ1) is 17.6. The minimum atomic E-state index is -0.599. The standard InChI is InChI=1S/C15H10ClN5O4S/c16-10-4-8(21(24)25)1-2-9(10)14(23)20-15-19-12(6-26-15)7-3-11(13(17)22)18-5-7/h1-6,18H,(H2,17,22)(H,19,20,23). The number of halogens is 1. The lowest BCUT2D eigenvalue weighted by molar-refractivity contribution is -0.384. The number of non-ortho nitro benzene ring substituents is 1. The van der Waals surface area contributed by atoms with Crippen molar-refractivity contribution in [1.82, 2.24) is 9.97 Å². The number of aromatic amines is 1. The van der Waals surface area contributed by atoms with Gasteiger partial charge in [-0.05, 0) is 12.1 Å². The fraction of sp³-hybridized carbons (Fsp3) is 0. The van der Waals surface area contributed by atoms with E-state index >= 15 is 0 Å². The second kappa shape index (κ2) is 6.94. The topological polar surface area (TPSA) is 144 Å². The number of H-pyrrole nitrogens is 1. The quantitative estimate of drug-likeness (QED) is 0.452. The Morgan fingerprint density at radius 1 is 1.35 bits per heavy atom. The van der Waals surface area contributed by atoms with Crippen molar-refractivity contribution < 1.29 is 14.5 Å². The van der Waals surface area contributed by atoms with E-state index in [9.17, 15) is 19.7 Å². The summed E-state index contributed by atoms with van der Waals surface area (Å²) in [5, 5.41) is 15.3. The van der Waals surface area contributed by atoms with Crippen LogP contribution >= 0.6 is 22.9 Å². The van der Waals surface area contributed by atoms with Crippen LogP contribution in [0.3, 0.4) is 0 Å². The Labute approximate surface area is 155 Å². The van der Waals surface area contributed by atoms with Crippen LogP contribution in [-0.4, -0.2) is 26.7 Å². The first-order valence-corrected chi connectivity index (χ1v) is 8.30. The summed E-state index contributed by atoms with van der Waals surface area (Å²) in [5.41, 5.74) is 6.50. The molecule has 0 saturated carbocycles. The van der Waals surface area contributed by atoms with Gasteiger partial charge in [0.15, 0.2) is 5.13 Å². The summed E-state index contributed by atoms with van der Waals surface area (Å²) in [4.78, 5) is 40.5. The van der Waals surface area contributed by atoms with Crippen LogP contribution < -0.4 is 11.1 Å². The first-order valence-electron chi connectivity index (χ1n) is 7.04. The fourth-order valence-corrected chi connectivity index (χ4v) is 3.09. The fourth-order valence-electron chi connectivity index (χ4n) is 2.11. The summed E-state index contributed by atoms with van der Waals surface area (Å²) >= 11 is 7.11. The van der Waals surface area contributed by atoms with Gasteiger partial charge < -0.3 is 10.7 Å². The number of nitrogens with two attached hydrogens (primary N) is 1. The van der Waals surface area contributed by atoms with E-state index in [4.69, 9.17) is 17.3 Å². The number of aromatic nitrogens is 2. The predicted octanol–water partition coefficient (Wildman–Crippen LogP) is 3.05. The van der Waals surface area contributed by atoms with Crippen molar-refractivity contribution in [2.45, 2.75) is 0 Å². The monoisotopic (exact) mass is 391 g/mol. The number of primary amides is 1. The maximum atomic E-state index is 12.3. The van der Waals surface area contributed by atoms with Gasteiger partial charge in [-0.15, -0.1) is 11.3 Å². The number of hydrogen-bond donors (Lipinski definition) is 3. The van der Waals surface area contributed by atoms with Crippen LogP contribution in [0.1, 0.15) is 20.8 Å². The van der Waals surface area contributed by atoms with Crippen molar-refractivity contribution >= 4 is 45.6 Å². The van der Waals surface area contributed by atoms with E-state index in [-0.39, 0.29) is 22.0 Å².